The van der Waals surface area contributed by atoms with E-state index in [1.54, 1.807) is 4.31 Å². The molecule has 0 unspecified atom stereocenters. The zero-order valence-electron chi connectivity index (χ0n) is 5.86. The molecule has 0 atom stereocenters. The minimum absolute atomic E-state index is 0.496. The average Bonchev–Trinajstić information content (AvgIpc) is 2.13. The zero-order valence-corrected chi connectivity index (χ0v) is 6.68. The first-order valence-electron chi connectivity index (χ1n) is 3.38. The van der Waals surface area contributed by atoms with Gasteiger partial charge in [-0.1, -0.05) is 0 Å². The summed E-state index contributed by atoms with van der Waals surface area (Å²) in [5, 5.41) is 0. The Bertz CT molecular complexity index is 120. The van der Waals surface area contributed by atoms with Crippen molar-refractivity contribution >= 4 is 10.8 Å². The summed E-state index contributed by atoms with van der Waals surface area (Å²) < 4.78 is 20.3. The number of rotatable bonds is 2. The molecule has 1 heterocycles. The van der Waals surface area contributed by atoms with E-state index in [1.807, 2.05) is 0 Å². The third-order valence-electron chi connectivity index (χ3n) is 1.62. The third kappa shape index (κ3) is 1.62. The molecule has 1 fully saturated rings. The Balaban J connectivity index is 2.43. The van der Waals surface area contributed by atoms with Gasteiger partial charge in [-0.2, -0.15) is 0 Å². The molecule has 0 aromatic rings. The van der Waals surface area contributed by atoms with E-state index in [2.05, 4.69) is 0 Å². The van der Waals surface area contributed by atoms with Crippen LogP contribution in [0, 0.1) is 0 Å². The van der Waals surface area contributed by atoms with Crippen LogP contribution in [-0.2, 0) is 0 Å². The molecule has 1 aliphatic heterocycles. The van der Waals surface area contributed by atoms with E-state index in [0.717, 1.165) is 13.0 Å². The molecule has 62 valence electrons. The highest BCUT2D eigenvalue weighted by molar-refractivity contribution is 8.22. The van der Waals surface area contributed by atoms with E-state index in [-0.39, 0.29) is 0 Å². The van der Waals surface area contributed by atoms with Crippen LogP contribution in [0.15, 0.2) is 0 Å². The van der Waals surface area contributed by atoms with Crippen LogP contribution < -0.4 is 5.73 Å². The molecule has 10 heavy (non-hydrogen) atoms. The van der Waals surface area contributed by atoms with Gasteiger partial charge in [-0.25, -0.2) is 4.31 Å². The lowest BCUT2D eigenvalue weighted by molar-refractivity contribution is 0.383. The SMILES string of the molecule is NCCN1CCCS1(O)O. The maximum Gasteiger partial charge on any atom is 0.0543 e. The van der Waals surface area contributed by atoms with Gasteiger partial charge < -0.3 is 5.73 Å². The maximum atomic E-state index is 9.29. The van der Waals surface area contributed by atoms with Crippen LogP contribution in [0.4, 0.5) is 0 Å². The Labute approximate surface area is 62.5 Å². The number of nitrogens with two attached hydrogens (primary N) is 1. The highest BCUT2D eigenvalue weighted by Crippen LogP contribution is 2.47. The first-order chi connectivity index (χ1) is 4.67. The van der Waals surface area contributed by atoms with E-state index in [0.29, 0.717) is 18.8 Å². The molecular weight excluding hydrogens is 152 g/mol. The standard InChI is InChI=1S/C5H14N2O2S/c6-2-4-7-3-1-5-10(7,8)9/h8-9H,1-6H2. The second-order valence-electron chi connectivity index (χ2n) is 2.41. The van der Waals surface area contributed by atoms with Gasteiger partial charge in [-0.3, -0.25) is 9.11 Å². The third-order valence-corrected chi connectivity index (χ3v) is 3.65. The van der Waals surface area contributed by atoms with Gasteiger partial charge >= 0.3 is 0 Å². The molecule has 4 nitrogen and oxygen atoms in total. The summed E-state index contributed by atoms with van der Waals surface area (Å²) in [7, 11) is -2.40. The van der Waals surface area contributed by atoms with E-state index in [1.165, 1.54) is 0 Å². The van der Waals surface area contributed by atoms with Crippen molar-refractivity contribution in [3.05, 3.63) is 0 Å². The minimum Gasteiger partial charge on any atom is -0.329 e. The van der Waals surface area contributed by atoms with Crippen LogP contribution in [0.25, 0.3) is 0 Å². The van der Waals surface area contributed by atoms with Crippen molar-refractivity contribution in [2.75, 3.05) is 25.4 Å². The molecule has 0 radical (unpaired) electrons. The molecule has 0 bridgehead atoms. The van der Waals surface area contributed by atoms with Crippen molar-refractivity contribution in [3.8, 4) is 0 Å². The summed E-state index contributed by atoms with van der Waals surface area (Å²) in [6, 6.07) is 0. The quantitative estimate of drug-likeness (QED) is 0.552. The van der Waals surface area contributed by atoms with Crippen LogP contribution in [0.2, 0.25) is 0 Å². The first kappa shape index (κ1) is 8.29. The fraction of sp³-hybridized carbons (Fsp3) is 1.00. The van der Waals surface area contributed by atoms with Crippen LogP contribution >= 0.6 is 10.8 Å². The normalized spacial score (nSPS) is 28.7. The summed E-state index contributed by atoms with van der Waals surface area (Å²) in [5.41, 5.74) is 5.28. The van der Waals surface area contributed by atoms with E-state index in [9.17, 15) is 9.11 Å². The largest absolute Gasteiger partial charge is 0.329 e. The van der Waals surface area contributed by atoms with Gasteiger partial charge in [0, 0.05) is 19.6 Å². The molecular formula is C5H14N2O2S. The monoisotopic (exact) mass is 166 g/mol. The van der Waals surface area contributed by atoms with Crippen LogP contribution in [0.5, 0.6) is 0 Å². The van der Waals surface area contributed by atoms with Crippen molar-refractivity contribution in [2.45, 2.75) is 6.42 Å². The van der Waals surface area contributed by atoms with Gasteiger partial charge in [-0.15, -0.1) is 10.8 Å². The fourth-order valence-electron chi connectivity index (χ4n) is 1.11. The second kappa shape index (κ2) is 3.06. The Hall–Kier alpha value is 0.190. The molecule has 0 aromatic heterocycles. The lowest BCUT2D eigenvalue weighted by Gasteiger charge is -2.36. The Kier molecular flexibility index (Phi) is 2.54. The topological polar surface area (TPSA) is 69.7 Å². The predicted molar refractivity (Wildman–Crippen MR) is 43.0 cm³/mol. The smallest absolute Gasteiger partial charge is 0.0543 e. The predicted octanol–water partition coefficient (Wildman–Crippen LogP) is 0.316. The Morgan fingerprint density at radius 1 is 1.50 bits per heavy atom. The Morgan fingerprint density at radius 3 is 2.60 bits per heavy atom. The number of hydrogen-bond donors (Lipinski definition) is 3. The lowest BCUT2D eigenvalue weighted by Crippen LogP contribution is -2.28. The molecule has 1 aliphatic rings. The zero-order chi connectivity index (χ0) is 7.61. The van der Waals surface area contributed by atoms with E-state index < -0.39 is 10.8 Å². The average molecular weight is 166 g/mol. The molecule has 5 heteroatoms. The van der Waals surface area contributed by atoms with Crippen molar-refractivity contribution in [1.82, 2.24) is 4.31 Å². The van der Waals surface area contributed by atoms with E-state index in [4.69, 9.17) is 5.73 Å². The summed E-state index contributed by atoms with van der Waals surface area (Å²) in [6.07, 6.45) is 0.877. The van der Waals surface area contributed by atoms with Crippen LogP contribution in [-0.4, -0.2) is 38.8 Å². The van der Waals surface area contributed by atoms with Crippen molar-refractivity contribution < 1.29 is 9.11 Å². The van der Waals surface area contributed by atoms with Crippen molar-refractivity contribution in [2.24, 2.45) is 5.73 Å². The van der Waals surface area contributed by atoms with Gasteiger partial charge in [0.25, 0.3) is 0 Å². The second-order valence-corrected chi connectivity index (χ2v) is 4.60. The Morgan fingerprint density at radius 2 is 2.20 bits per heavy atom. The molecule has 0 spiro atoms. The fourth-order valence-corrected chi connectivity index (χ4v) is 2.71. The first-order valence-corrected chi connectivity index (χ1v) is 5.05. The number of hydrogen-bond acceptors (Lipinski definition) is 4. The summed E-state index contributed by atoms with van der Waals surface area (Å²) in [5.74, 6) is 0.521. The van der Waals surface area contributed by atoms with E-state index >= 15 is 0 Å². The van der Waals surface area contributed by atoms with Gasteiger partial charge in [0.15, 0.2) is 0 Å². The lowest BCUT2D eigenvalue weighted by atomic mass is 10.5. The molecule has 0 saturated carbocycles. The summed E-state index contributed by atoms with van der Waals surface area (Å²) >= 11 is 0. The molecule has 0 amide bonds. The molecule has 0 aromatic carbocycles. The molecule has 4 N–H and O–H groups in total. The van der Waals surface area contributed by atoms with Crippen molar-refractivity contribution in [3.63, 3.8) is 0 Å². The van der Waals surface area contributed by atoms with Crippen LogP contribution in [0.3, 0.4) is 0 Å². The maximum absolute atomic E-state index is 9.29. The minimum atomic E-state index is -2.40. The molecule has 1 saturated heterocycles. The van der Waals surface area contributed by atoms with Crippen molar-refractivity contribution in [1.29, 1.82) is 0 Å². The molecule has 1 rings (SSSR count). The number of nitrogens with zero attached hydrogens (tertiary/aromatic N) is 1. The summed E-state index contributed by atoms with van der Waals surface area (Å²) in [4.78, 5) is 0. The van der Waals surface area contributed by atoms with Gasteiger partial charge in [0.05, 0.1) is 5.75 Å². The van der Waals surface area contributed by atoms with Gasteiger partial charge in [0.2, 0.25) is 0 Å². The highest BCUT2D eigenvalue weighted by atomic mass is 32.3. The summed E-state index contributed by atoms with van der Waals surface area (Å²) in [6.45, 7) is 1.87. The van der Waals surface area contributed by atoms with Gasteiger partial charge in [0.1, 0.15) is 0 Å². The van der Waals surface area contributed by atoms with Crippen LogP contribution in [0.1, 0.15) is 6.42 Å². The molecule has 0 aliphatic carbocycles. The highest BCUT2D eigenvalue weighted by Gasteiger charge is 2.27. The van der Waals surface area contributed by atoms with Gasteiger partial charge in [-0.05, 0) is 6.42 Å².